The molecular formula is C24H26N2S. The first kappa shape index (κ1) is 18.1. The fraction of sp³-hybridized carbons (Fsp3) is 0.250. The molecule has 1 aliphatic rings. The van der Waals surface area contributed by atoms with E-state index < -0.39 is 0 Å². The highest BCUT2D eigenvalue weighted by atomic mass is 32.2. The minimum atomic E-state index is 0.846. The smallest absolute Gasteiger partial charge is 0.0400 e. The molecule has 0 radical (unpaired) electrons. The van der Waals surface area contributed by atoms with Gasteiger partial charge in [-0.3, -0.25) is 4.90 Å². The third-order valence-electron chi connectivity index (χ3n) is 4.99. The van der Waals surface area contributed by atoms with E-state index in [2.05, 4.69) is 101 Å². The van der Waals surface area contributed by atoms with Crippen LogP contribution in [0.3, 0.4) is 0 Å². The van der Waals surface area contributed by atoms with Gasteiger partial charge in [-0.2, -0.15) is 11.8 Å². The van der Waals surface area contributed by atoms with Gasteiger partial charge in [0.15, 0.2) is 0 Å². The number of thioether (sulfide) groups is 1. The third kappa shape index (κ3) is 5.15. The van der Waals surface area contributed by atoms with Crippen molar-refractivity contribution >= 4 is 17.4 Å². The molecule has 3 aromatic carbocycles. The Hall–Kier alpha value is -2.23. The van der Waals surface area contributed by atoms with Crippen molar-refractivity contribution in [3.8, 4) is 11.1 Å². The lowest BCUT2D eigenvalue weighted by Crippen LogP contribution is -2.31. The van der Waals surface area contributed by atoms with Crippen molar-refractivity contribution in [3.05, 3.63) is 90.0 Å². The molecular weight excluding hydrogens is 348 g/mol. The second kappa shape index (κ2) is 9.12. The summed E-state index contributed by atoms with van der Waals surface area (Å²) in [6, 6.07) is 28.2. The summed E-state index contributed by atoms with van der Waals surface area (Å²) in [5.41, 5.74) is 6.42. The lowest BCUT2D eigenvalue weighted by Gasteiger charge is -2.26. The molecule has 0 aromatic heterocycles. The molecule has 0 atom stereocenters. The first-order chi connectivity index (χ1) is 13.4. The van der Waals surface area contributed by atoms with Crippen molar-refractivity contribution in [2.75, 3.05) is 29.9 Å². The Kier molecular flexibility index (Phi) is 6.13. The molecule has 4 rings (SSSR count). The first-order valence-corrected chi connectivity index (χ1v) is 10.8. The van der Waals surface area contributed by atoms with E-state index in [0.29, 0.717) is 0 Å². The van der Waals surface area contributed by atoms with Crippen LogP contribution in [0.4, 0.5) is 5.69 Å². The van der Waals surface area contributed by atoms with E-state index in [-0.39, 0.29) is 0 Å². The van der Waals surface area contributed by atoms with E-state index in [9.17, 15) is 0 Å². The molecule has 0 amide bonds. The van der Waals surface area contributed by atoms with Gasteiger partial charge in [0.1, 0.15) is 0 Å². The van der Waals surface area contributed by atoms with Gasteiger partial charge in [0.25, 0.3) is 0 Å². The number of nitrogens with one attached hydrogen (secondary N) is 1. The predicted molar refractivity (Wildman–Crippen MR) is 118 cm³/mol. The number of hydrogen-bond acceptors (Lipinski definition) is 3. The predicted octanol–water partition coefficient (Wildman–Crippen LogP) is 5.51. The van der Waals surface area contributed by atoms with Crippen LogP contribution in [-0.2, 0) is 13.1 Å². The van der Waals surface area contributed by atoms with Gasteiger partial charge in [-0.1, -0.05) is 66.7 Å². The lowest BCUT2D eigenvalue weighted by molar-refractivity contribution is 0.294. The van der Waals surface area contributed by atoms with Crippen molar-refractivity contribution < 1.29 is 0 Å². The summed E-state index contributed by atoms with van der Waals surface area (Å²) >= 11 is 2.06. The topological polar surface area (TPSA) is 15.3 Å². The molecule has 1 fully saturated rings. The maximum atomic E-state index is 3.58. The third-order valence-corrected chi connectivity index (χ3v) is 5.94. The summed E-state index contributed by atoms with van der Waals surface area (Å²) in [7, 11) is 0. The fourth-order valence-electron chi connectivity index (χ4n) is 3.45. The molecule has 1 heterocycles. The van der Waals surface area contributed by atoms with Crippen LogP contribution < -0.4 is 5.32 Å². The number of rotatable bonds is 6. The van der Waals surface area contributed by atoms with Crippen molar-refractivity contribution in [1.29, 1.82) is 0 Å². The molecule has 0 bridgehead atoms. The molecule has 1 saturated heterocycles. The number of anilines is 1. The standard InChI is InChI=1S/C24H26N2S/c1-2-6-22(7-3-1)23-11-9-20(10-12-23)18-25-24-8-4-5-21(17-24)19-26-13-15-27-16-14-26/h1-12,17,25H,13-16,18-19H2. The maximum Gasteiger partial charge on any atom is 0.0400 e. The minimum absolute atomic E-state index is 0.846. The molecule has 0 saturated carbocycles. The van der Waals surface area contributed by atoms with Crippen molar-refractivity contribution in [2.45, 2.75) is 13.1 Å². The Morgan fingerprint density at radius 2 is 1.48 bits per heavy atom. The normalized spacial score (nSPS) is 14.8. The van der Waals surface area contributed by atoms with Crippen molar-refractivity contribution in [3.63, 3.8) is 0 Å². The van der Waals surface area contributed by atoms with Crippen LogP contribution in [0.2, 0.25) is 0 Å². The van der Waals surface area contributed by atoms with E-state index in [1.165, 1.54) is 52.5 Å². The van der Waals surface area contributed by atoms with Crippen molar-refractivity contribution in [2.24, 2.45) is 0 Å². The summed E-state index contributed by atoms with van der Waals surface area (Å²) in [6.45, 7) is 4.31. The van der Waals surface area contributed by atoms with E-state index in [0.717, 1.165) is 13.1 Å². The van der Waals surface area contributed by atoms with E-state index >= 15 is 0 Å². The van der Waals surface area contributed by atoms with Gasteiger partial charge in [0, 0.05) is 43.4 Å². The Morgan fingerprint density at radius 1 is 0.741 bits per heavy atom. The van der Waals surface area contributed by atoms with Gasteiger partial charge in [-0.25, -0.2) is 0 Å². The molecule has 27 heavy (non-hydrogen) atoms. The summed E-state index contributed by atoms with van der Waals surface area (Å²) in [4.78, 5) is 2.55. The molecule has 138 valence electrons. The van der Waals surface area contributed by atoms with Crippen LogP contribution in [0, 0.1) is 0 Å². The van der Waals surface area contributed by atoms with E-state index in [4.69, 9.17) is 0 Å². The van der Waals surface area contributed by atoms with E-state index in [1.807, 2.05) is 0 Å². The molecule has 1 N–H and O–H groups in total. The summed E-state index contributed by atoms with van der Waals surface area (Å²) in [6.07, 6.45) is 0. The zero-order valence-electron chi connectivity index (χ0n) is 15.6. The minimum Gasteiger partial charge on any atom is -0.381 e. The zero-order chi connectivity index (χ0) is 18.3. The van der Waals surface area contributed by atoms with Crippen LogP contribution in [0.15, 0.2) is 78.9 Å². The van der Waals surface area contributed by atoms with Crippen LogP contribution in [-0.4, -0.2) is 29.5 Å². The quantitative estimate of drug-likeness (QED) is 0.612. The van der Waals surface area contributed by atoms with Gasteiger partial charge in [-0.05, 0) is 34.4 Å². The SMILES string of the molecule is c1ccc(-c2ccc(CNc3cccc(CN4CCSCC4)c3)cc2)cc1. The van der Waals surface area contributed by atoms with Crippen molar-refractivity contribution in [1.82, 2.24) is 4.90 Å². The molecule has 0 spiro atoms. The Bertz CT molecular complexity index is 840. The molecule has 2 nitrogen and oxygen atoms in total. The van der Waals surface area contributed by atoms with Crippen LogP contribution in [0.5, 0.6) is 0 Å². The maximum absolute atomic E-state index is 3.58. The van der Waals surface area contributed by atoms with Gasteiger partial charge in [0.2, 0.25) is 0 Å². The molecule has 3 aromatic rings. The zero-order valence-corrected chi connectivity index (χ0v) is 16.4. The fourth-order valence-corrected chi connectivity index (χ4v) is 4.43. The Labute approximate surface area is 166 Å². The average Bonchev–Trinajstić information content (AvgIpc) is 2.74. The monoisotopic (exact) mass is 374 g/mol. The summed E-state index contributed by atoms with van der Waals surface area (Å²) in [5.74, 6) is 2.52. The lowest BCUT2D eigenvalue weighted by atomic mass is 10.0. The summed E-state index contributed by atoms with van der Waals surface area (Å²) < 4.78 is 0. The largest absolute Gasteiger partial charge is 0.381 e. The first-order valence-electron chi connectivity index (χ1n) is 9.64. The summed E-state index contributed by atoms with van der Waals surface area (Å²) in [5, 5.41) is 3.58. The molecule has 3 heteroatoms. The van der Waals surface area contributed by atoms with Crippen LogP contribution in [0.25, 0.3) is 11.1 Å². The highest BCUT2D eigenvalue weighted by Gasteiger charge is 2.10. The van der Waals surface area contributed by atoms with Gasteiger partial charge < -0.3 is 5.32 Å². The Balaban J connectivity index is 1.35. The molecule has 0 aliphatic carbocycles. The molecule has 1 aliphatic heterocycles. The highest BCUT2D eigenvalue weighted by Crippen LogP contribution is 2.20. The Morgan fingerprint density at radius 3 is 2.26 bits per heavy atom. The van der Waals surface area contributed by atoms with Crippen LogP contribution >= 0.6 is 11.8 Å². The van der Waals surface area contributed by atoms with Gasteiger partial charge in [-0.15, -0.1) is 0 Å². The van der Waals surface area contributed by atoms with Crippen LogP contribution in [0.1, 0.15) is 11.1 Å². The van der Waals surface area contributed by atoms with Gasteiger partial charge >= 0.3 is 0 Å². The number of nitrogens with zero attached hydrogens (tertiary/aromatic N) is 1. The highest BCUT2D eigenvalue weighted by molar-refractivity contribution is 7.99. The van der Waals surface area contributed by atoms with Gasteiger partial charge in [0.05, 0.1) is 0 Å². The number of hydrogen-bond donors (Lipinski definition) is 1. The number of benzene rings is 3. The average molecular weight is 375 g/mol. The van der Waals surface area contributed by atoms with E-state index in [1.54, 1.807) is 0 Å². The second-order valence-corrected chi connectivity index (χ2v) is 8.23. The second-order valence-electron chi connectivity index (χ2n) is 7.01. The molecule has 0 unspecified atom stereocenters.